The van der Waals surface area contributed by atoms with Crippen LogP contribution in [0.2, 0.25) is 0 Å². The topological polar surface area (TPSA) is 84.4 Å². The molecule has 166 valence electrons. The number of anilines is 2. The number of aromatic nitrogens is 2. The number of benzene rings is 2. The van der Waals surface area contributed by atoms with Crippen LogP contribution in [0.25, 0.3) is 0 Å². The zero-order valence-corrected chi connectivity index (χ0v) is 18.8. The molecule has 1 atom stereocenters. The number of aryl methyl sites for hydroxylation is 1. The summed E-state index contributed by atoms with van der Waals surface area (Å²) >= 11 is 1.34. The molecule has 0 bridgehead atoms. The van der Waals surface area contributed by atoms with E-state index in [0.29, 0.717) is 37.5 Å². The normalized spacial score (nSPS) is 15.7. The number of hydrogen-bond donors (Lipinski definition) is 1. The van der Waals surface area contributed by atoms with Gasteiger partial charge in [-0.25, -0.2) is 0 Å². The first-order valence-corrected chi connectivity index (χ1v) is 11.6. The third kappa shape index (κ3) is 5.31. The van der Waals surface area contributed by atoms with Crippen molar-refractivity contribution in [1.82, 2.24) is 10.2 Å². The molecule has 2 heterocycles. The number of nitrogens with zero attached hydrogens (tertiary/aromatic N) is 3. The highest BCUT2D eigenvalue weighted by atomic mass is 32.1. The lowest BCUT2D eigenvalue weighted by Gasteiger charge is -2.19. The largest absolute Gasteiger partial charge is 0.494 e. The van der Waals surface area contributed by atoms with Crippen molar-refractivity contribution < 1.29 is 14.3 Å². The summed E-state index contributed by atoms with van der Waals surface area (Å²) in [7, 11) is 0. The fourth-order valence-corrected chi connectivity index (χ4v) is 4.60. The van der Waals surface area contributed by atoms with Crippen molar-refractivity contribution in [3.8, 4) is 5.75 Å². The molecule has 4 rings (SSSR count). The number of rotatable bonds is 9. The lowest BCUT2D eigenvalue weighted by Crippen LogP contribution is -2.25. The number of carbonyl (C=O) groups excluding carboxylic acids is 2. The monoisotopic (exact) mass is 450 g/mol. The maximum absolute atomic E-state index is 12.7. The highest BCUT2D eigenvalue weighted by molar-refractivity contribution is 7.15. The van der Waals surface area contributed by atoms with Crippen LogP contribution in [0.4, 0.5) is 10.8 Å². The first kappa shape index (κ1) is 22.0. The minimum absolute atomic E-state index is 0.0187. The Balaban J connectivity index is 1.28. The van der Waals surface area contributed by atoms with E-state index in [2.05, 4.69) is 28.5 Å². The smallest absolute Gasteiger partial charge is 0.227 e. The molecular weight excluding hydrogens is 424 g/mol. The molecule has 32 heavy (non-hydrogen) atoms. The standard InChI is InChI=1S/C24H26N4O3S/c1-2-17-9-6-7-12-20(17)28-16-18(15-22(28)30)23-26-27-24(32-23)25-21(29)13-8-14-31-19-10-4-3-5-11-19/h3-7,9-12,18H,2,8,13-16H2,1H3,(H,25,27,29)/t18-/m1/s1. The summed E-state index contributed by atoms with van der Waals surface area (Å²) in [5.41, 5.74) is 2.13. The van der Waals surface area contributed by atoms with Crippen LogP contribution in [-0.4, -0.2) is 35.2 Å². The fourth-order valence-electron chi connectivity index (χ4n) is 3.75. The lowest BCUT2D eigenvalue weighted by molar-refractivity contribution is -0.117. The molecule has 0 unspecified atom stereocenters. The summed E-state index contributed by atoms with van der Waals surface area (Å²) in [5, 5.41) is 12.4. The minimum Gasteiger partial charge on any atom is -0.494 e. The highest BCUT2D eigenvalue weighted by Gasteiger charge is 2.34. The van der Waals surface area contributed by atoms with E-state index in [1.165, 1.54) is 11.3 Å². The van der Waals surface area contributed by atoms with E-state index in [1.807, 2.05) is 53.4 Å². The number of ether oxygens (including phenoxy) is 1. The molecule has 1 aliphatic heterocycles. The van der Waals surface area contributed by atoms with Gasteiger partial charge in [-0.1, -0.05) is 54.7 Å². The van der Waals surface area contributed by atoms with E-state index in [1.54, 1.807) is 0 Å². The molecule has 3 aromatic rings. The molecule has 1 aromatic heterocycles. The summed E-state index contributed by atoms with van der Waals surface area (Å²) in [6, 6.07) is 17.5. The summed E-state index contributed by atoms with van der Waals surface area (Å²) in [5.74, 6) is 0.749. The minimum atomic E-state index is -0.120. The van der Waals surface area contributed by atoms with Crippen LogP contribution in [0.5, 0.6) is 5.75 Å². The molecule has 0 spiro atoms. The molecule has 1 N–H and O–H groups in total. The fraction of sp³-hybridized carbons (Fsp3) is 0.333. The summed E-state index contributed by atoms with van der Waals surface area (Å²) in [6.45, 7) is 3.14. The zero-order chi connectivity index (χ0) is 22.3. The van der Waals surface area contributed by atoms with E-state index in [4.69, 9.17) is 4.74 Å². The molecule has 1 fully saturated rings. The number of carbonyl (C=O) groups is 2. The second-order valence-corrected chi connectivity index (χ2v) is 8.66. The third-order valence-corrected chi connectivity index (χ3v) is 6.39. The van der Waals surface area contributed by atoms with Crippen LogP contribution in [0.1, 0.15) is 42.7 Å². The third-order valence-electron chi connectivity index (χ3n) is 5.38. The molecule has 2 amide bonds. The Bertz CT molecular complexity index is 1070. The first-order chi connectivity index (χ1) is 15.6. The lowest BCUT2D eigenvalue weighted by atomic mass is 10.1. The number of nitrogens with one attached hydrogen (secondary N) is 1. The van der Waals surface area contributed by atoms with E-state index >= 15 is 0 Å². The van der Waals surface area contributed by atoms with Gasteiger partial charge in [-0.2, -0.15) is 0 Å². The molecule has 2 aromatic carbocycles. The van der Waals surface area contributed by atoms with Gasteiger partial charge in [0.25, 0.3) is 0 Å². The SMILES string of the molecule is CCc1ccccc1N1C[C@H](c2nnc(NC(=O)CCCOc3ccccc3)s2)CC1=O. The van der Waals surface area contributed by atoms with E-state index < -0.39 is 0 Å². The van der Waals surface area contributed by atoms with Crippen molar-refractivity contribution in [3.05, 3.63) is 65.2 Å². The second-order valence-electron chi connectivity index (χ2n) is 7.65. The number of amides is 2. The molecule has 1 saturated heterocycles. The summed E-state index contributed by atoms with van der Waals surface area (Å²) in [6.07, 6.45) is 2.22. The molecular formula is C24H26N4O3S. The van der Waals surface area contributed by atoms with Crippen LogP contribution >= 0.6 is 11.3 Å². The van der Waals surface area contributed by atoms with Crippen LogP contribution < -0.4 is 15.0 Å². The number of para-hydroxylation sites is 2. The molecule has 0 radical (unpaired) electrons. The van der Waals surface area contributed by atoms with Gasteiger partial charge >= 0.3 is 0 Å². The first-order valence-electron chi connectivity index (χ1n) is 10.8. The molecule has 0 saturated carbocycles. The maximum atomic E-state index is 12.7. The van der Waals surface area contributed by atoms with Gasteiger partial charge in [0.05, 0.1) is 6.61 Å². The Morgan fingerprint density at radius 3 is 2.75 bits per heavy atom. The van der Waals surface area contributed by atoms with Crippen LogP contribution in [0.15, 0.2) is 54.6 Å². The Labute approximate surface area is 191 Å². The van der Waals surface area contributed by atoms with Crippen LogP contribution in [0.3, 0.4) is 0 Å². The maximum Gasteiger partial charge on any atom is 0.227 e. The summed E-state index contributed by atoms with van der Waals surface area (Å²) in [4.78, 5) is 26.7. The molecule has 1 aliphatic rings. The van der Waals surface area contributed by atoms with Crippen molar-refractivity contribution >= 4 is 34.0 Å². The van der Waals surface area contributed by atoms with Gasteiger partial charge in [0.1, 0.15) is 10.8 Å². The highest BCUT2D eigenvalue weighted by Crippen LogP contribution is 2.35. The van der Waals surface area contributed by atoms with E-state index in [0.717, 1.165) is 28.4 Å². The quantitative estimate of drug-likeness (QED) is 0.488. The van der Waals surface area contributed by atoms with E-state index in [9.17, 15) is 9.59 Å². The number of hydrogen-bond acceptors (Lipinski definition) is 6. The predicted molar refractivity (Wildman–Crippen MR) is 125 cm³/mol. The Morgan fingerprint density at radius 1 is 1.16 bits per heavy atom. The van der Waals surface area contributed by atoms with Crippen LogP contribution in [-0.2, 0) is 16.0 Å². The summed E-state index contributed by atoms with van der Waals surface area (Å²) < 4.78 is 5.61. The zero-order valence-electron chi connectivity index (χ0n) is 18.0. The Hall–Kier alpha value is -3.26. The second kappa shape index (κ2) is 10.4. The average Bonchev–Trinajstić information content (AvgIpc) is 3.44. The molecule has 7 nitrogen and oxygen atoms in total. The Morgan fingerprint density at radius 2 is 1.94 bits per heavy atom. The average molecular weight is 451 g/mol. The van der Waals surface area contributed by atoms with Gasteiger partial charge in [-0.05, 0) is 36.6 Å². The van der Waals surface area contributed by atoms with Gasteiger partial charge in [-0.3, -0.25) is 9.59 Å². The Kier molecular flexibility index (Phi) is 7.11. The van der Waals surface area contributed by atoms with Gasteiger partial charge in [0.2, 0.25) is 16.9 Å². The van der Waals surface area contributed by atoms with Crippen molar-refractivity contribution in [2.75, 3.05) is 23.4 Å². The van der Waals surface area contributed by atoms with Crippen LogP contribution in [0, 0.1) is 0 Å². The van der Waals surface area contributed by atoms with Gasteiger partial charge in [-0.15, -0.1) is 10.2 Å². The van der Waals surface area contributed by atoms with E-state index in [-0.39, 0.29) is 17.7 Å². The molecule has 0 aliphatic carbocycles. The van der Waals surface area contributed by atoms with Gasteiger partial charge in [0.15, 0.2) is 0 Å². The van der Waals surface area contributed by atoms with Gasteiger partial charge in [0, 0.05) is 31.0 Å². The van der Waals surface area contributed by atoms with Crippen molar-refractivity contribution in [2.45, 2.75) is 38.5 Å². The predicted octanol–water partition coefficient (Wildman–Crippen LogP) is 4.42. The molecule has 8 heteroatoms. The van der Waals surface area contributed by atoms with Crippen molar-refractivity contribution in [1.29, 1.82) is 0 Å². The van der Waals surface area contributed by atoms with Crippen molar-refractivity contribution in [2.24, 2.45) is 0 Å². The van der Waals surface area contributed by atoms with Crippen molar-refractivity contribution in [3.63, 3.8) is 0 Å². The van der Waals surface area contributed by atoms with Gasteiger partial charge < -0.3 is 15.0 Å².